The lowest BCUT2D eigenvalue weighted by Crippen LogP contribution is -2.40. The van der Waals surface area contributed by atoms with Crippen molar-refractivity contribution < 1.29 is 14.7 Å². The summed E-state index contributed by atoms with van der Waals surface area (Å²) in [6, 6.07) is -0.00258. The lowest BCUT2D eigenvalue weighted by molar-refractivity contribution is -0.142. The Bertz CT molecular complexity index is 258. The normalized spacial score (nSPS) is 27.1. The van der Waals surface area contributed by atoms with E-state index in [1.165, 1.54) is 0 Å². The molecule has 0 aromatic carbocycles. The first-order valence-corrected chi connectivity index (χ1v) is 5.76. The lowest BCUT2D eigenvalue weighted by Gasteiger charge is -2.27. The zero-order chi connectivity index (χ0) is 12.1. The highest BCUT2D eigenvalue weighted by Gasteiger charge is 2.26. The predicted molar refractivity (Wildman–Crippen MR) is 59.8 cm³/mol. The van der Waals surface area contributed by atoms with E-state index in [1.54, 1.807) is 6.92 Å². The van der Waals surface area contributed by atoms with Crippen molar-refractivity contribution in [2.24, 2.45) is 11.7 Å². The van der Waals surface area contributed by atoms with E-state index in [9.17, 15) is 9.59 Å². The smallest absolute Gasteiger partial charge is 0.306 e. The van der Waals surface area contributed by atoms with Gasteiger partial charge in [-0.3, -0.25) is 9.59 Å². The zero-order valence-corrected chi connectivity index (χ0v) is 9.61. The number of carboxylic acids is 1. The zero-order valence-electron chi connectivity index (χ0n) is 9.61. The van der Waals surface area contributed by atoms with Gasteiger partial charge in [-0.1, -0.05) is 0 Å². The van der Waals surface area contributed by atoms with Crippen LogP contribution in [0.25, 0.3) is 0 Å². The number of amides is 1. The minimum atomic E-state index is -0.722. The number of hydrogen-bond acceptors (Lipinski definition) is 3. The van der Waals surface area contributed by atoms with Gasteiger partial charge in [-0.25, -0.2) is 0 Å². The number of carbonyl (C=O) groups is 2. The van der Waals surface area contributed by atoms with Crippen LogP contribution in [0.15, 0.2) is 0 Å². The summed E-state index contributed by atoms with van der Waals surface area (Å²) in [5, 5.41) is 11.7. The molecule has 1 aliphatic rings. The van der Waals surface area contributed by atoms with Crippen LogP contribution in [-0.2, 0) is 9.59 Å². The van der Waals surface area contributed by atoms with Crippen molar-refractivity contribution in [1.29, 1.82) is 0 Å². The molecule has 0 saturated heterocycles. The third-order valence-corrected chi connectivity index (χ3v) is 2.95. The molecule has 0 spiro atoms. The number of aliphatic carboxylic acids is 1. The molecule has 1 unspecified atom stereocenters. The van der Waals surface area contributed by atoms with E-state index in [4.69, 9.17) is 10.8 Å². The highest BCUT2D eigenvalue weighted by atomic mass is 16.4. The van der Waals surface area contributed by atoms with Crippen LogP contribution in [0.3, 0.4) is 0 Å². The van der Waals surface area contributed by atoms with E-state index in [0.717, 1.165) is 12.8 Å². The maximum Gasteiger partial charge on any atom is 0.306 e. The third-order valence-electron chi connectivity index (χ3n) is 2.95. The quantitative estimate of drug-likeness (QED) is 0.652. The van der Waals surface area contributed by atoms with Gasteiger partial charge in [0.2, 0.25) is 5.91 Å². The van der Waals surface area contributed by atoms with Crippen LogP contribution in [0.2, 0.25) is 0 Å². The topological polar surface area (TPSA) is 92.4 Å². The second kappa shape index (κ2) is 5.84. The molecule has 1 aliphatic carbocycles. The van der Waals surface area contributed by atoms with Crippen LogP contribution < -0.4 is 11.1 Å². The Morgan fingerprint density at radius 3 is 2.38 bits per heavy atom. The van der Waals surface area contributed by atoms with E-state index < -0.39 is 5.97 Å². The van der Waals surface area contributed by atoms with E-state index >= 15 is 0 Å². The SMILES string of the molecule is CC(N)CC(=O)NC1CCC(C(=O)O)CC1. The first-order chi connectivity index (χ1) is 7.49. The van der Waals surface area contributed by atoms with Gasteiger partial charge in [0.25, 0.3) is 0 Å². The van der Waals surface area contributed by atoms with Crippen molar-refractivity contribution in [3.05, 3.63) is 0 Å². The van der Waals surface area contributed by atoms with Crippen molar-refractivity contribution in [1.82, 2.24) is 5.32 Å². The molecule has 0 heterocycles. The number of nitrogens with one attached hydrogen (secondary N) is 1. The molecule has 4 N–H and O–H groups in total. The van der Waals surface area contributed by atoms with Crippen LogP contribution in [0.4, 0.5) is 0 Å². The maximum absolute atomic E-state index is 11.4. The molecule has 0 aromatic rings. The molecule has 16 heavy (non-hydrogen) atoms. The summed E-state index contributed by atoms with van der Waals surface area (Å²) >= 11 is 0. The summed E-state index contributed by atoms with van der Waals surface area (Å²) in [4.78, 5) is 22.2. The Balaban J connectivity index is 2.26. The molecule has 92 valence electrons. The molecule has 1 atom stereocenters. The van der Waals surface area contributed by atoms with E-state index in [0.29, 0.717) is 19.3 Å². The molecule has 0 radical (unpaired) electrons. The maximum atomic E-state index is 11.4. The van der Waals surface area contributed by atoms with Crippen LogP contribution in [0, 0.1) is 5.92 Å². The predicted octanol–water partition coefficient (Wildman–Crippen LogP) is 0.483. The highest BCUT2D eigenvalue weighted by Crippen LogP contribution is 2.24. The number of hydrogen-bond donors (Lipinski definition) is 3. The molecule has 1 amide bonds. The van der Waals surface area contributed by atoms with Gasteiger partial charge in [0.1, 0.15) is 0 Å². The van der Waals surface area contributed by atoms with Gasteiger partial charge in [-0.05, 0) is 32.6 Å². The summed E-state index contributed by atoms with van der Waals surface area (Å²) in [6.45, 7) is 1.79. The van der Waals surface area contributed by atoms with Crippen LogP contribution in [0.5, 0.6) is 0 Å². The first-order valence-electron chi connectivity index (χ1n) is 5.76. The Morgan fingerprint density at radius 1 is 1.38 bits per heavy atom. The molecule has 1 saturated carbocycles. The Labute approximate surface area is 95.4 Å². The van der Waals surface area contributed by atoms with Gasteiger partial charge >= 0.3 is 5.97 Å². The molecular weight excluding hydrogens is 208 g/mol. The molecule has 0 aliphatic heterocycles. The van der Waals surface area contributed by atoms with Gasteiger partial charge in [-0.2, -0.15) is 0 Å². The largest absolute Gasteiger partial charge is 0.481 e. The second-order valence-corrected chi connectivity index (χ2v) is 4.64. The minimum absolute atomic E-state index is 0.0335. The Morgan fingerprint density at radius 2 is 1.94 bits per heavy atom. The average molecular weight is 228 g/mol. The van der Waals surface area contributed by atoms with E-state index in [2.05, 4.69) is 5.32 Å². The average Bonchev–Trinajstić information content (AvgIpc) is 2.16. The number of nitrogens with two attached hydrogens (primary N) is 1. The Kier molecular flexibility index (Phi) is 4.73. The van der Waals surface area contributed by atoms with Crippen LogP contribution in [0.1, 0.15) is 39.0 Å². The molecular formula is C11H20N2O3. The van der Waals surface area contributed by atoms with Crippen molar-refractivity contribution in [2.75, 3.05) is 0 Å². The molecule has 0 bridgehead atoms. The van der Waals surface area contributed by atoms with Gasteiger partial charge in [0, 0.05) is 18.5 Å². The van der Waals surface area contributed by atoms with Crippen molar-refractivity contribution >= 4 is 11.9 Å². The van der Waals surface area contributed by atoms with Crippen molar-refractivity contribution in [3.63, 3.8) is 0 Å². The Hall–Kier alpha value is -1.10. The van der Waals surface area contributed by atoms with Crippen LogP contribution in [-0.4, -0.2) is 29.1 Å². The molecule has 5 heteroatoms. The summed E-state index contributed by atoms with van der Waals surface area (Å²) in [5.41, 5.74) is 5.52. The molecule has 1 rings (SSSR count). The van der Waals surface area contributed by atoms with Gasteiger partial charge in [0.05, 0.1) is 5.92 Å². The lowest BCUT2D eigenvalue weighted by atomic mass is 9.86. The summed E-state index contributed by atoms with van der Waals surface area (Å²) < 4.78 is 0. The molecule has 0 aromatic heterocycles. The number of rotatable bonds is 4. The van der Waals surface area contributed by atoms with Gasteiger partial charge in [-0.15, -0.1) is 0 Å². The second-order valence-electron chi connectivity index (χ2n) is 4.64. The summed E-state index contributed by atoms with van der Waals surface area (Å²) in [7, 11) is 0. The minimum Gasteiger partial charge on any atom is -0.481 e. The van der Waals surface area contributed by atoms with Crippen LogP contribution >= 0.6 is 0 Å². The van der Waals surface area contributed by atoms with E-state index in [-0.39, 0.29) is 23.9 Å². The van der Waals surface area contributed by atoms with Gasteiger partial charge in [0.15, 0.2) is 0 Å². The van der Waals surface area contributed by atoms with Crippen molar-refractivity contribution in [3.8, 4) is 0 Å². The van der Waals surface area contributed by atoms with Gasteiger partial charge < -0.3 is 16.2 Å². The molecule has 5 nitrogen and oxygen atoms in total. The summed E-state index contributed by atoms with van der Waals surface area (Å²) in [6.07, 6.45) is 3.14. The highest BCUT2D eigenvalue weighted by molar-refractivity contribution is 5.77. The first kappa shape index (κ1) is 13.0. The fourth-order valence-corrected chi connectivity index (χ4v) is 2.06. The van der Waals surface area contributed by atoms with E-state index in [1.807, 2.05) is 0 Å². The fraction of sp³-hybridized carbons (Fsp3) is 0.818. The molecule has 1 fully saturated rings. The monoisotopic (exact) mass is 228 g/mol. The summed E-state index contributed by atoms with van der Waals surface area (Å²) in [5.74, 6) is -0.990. The fourth-order valence-electron chi connectivity index (χ4n) is 2.06. The van der Waals surface area contributed by atoms with Crippen molar-refractivity contribution in [2.45, 2.75) is 51.1 Å². The third kappa shape index (κ3) is 4.18. The number of carboxylic acid groups (broad SMARTS) is 1. The standard InChI is InChI=1S/C11H20N2O3/c1-7(12)6-10(14)13-9-4-2-8(3-5-9)11(15)16/h7-9H,2-6,12H2,1H3,(H,13,14)(H,15,16). The number of carbonyl (C=O) groups excluding carboxylic acids is 1.